The lowest BCUT2D eigenvalue weighted by Gasteiger charge is -2.29. The first-order chi connectivity index (χ1) is 24.2. The van der Waals surface area contributed by atoms with Crippen molar-refractivity contribution in [2.75, 3.05) is 0 Å². The predicted octanol–water partition coefficient (Wildman–Crippen LogP) is 9.68. The van der Waals surface area contributed by atoms with E-state index in [0.29, 0.717) is 11.8 Å². The van der Waals surface area contributed by atoms with Gasteiger partial charge in [0.05, 0.1) is 7.05 Å². The van der Waals surface area contributed by atoms with E-state index in [-0.39, 0.29) is 0 Å². The van der Waals surface area contributed by atoms with Gasteiger partial charge in [-0.3, -0.25) is 0 Å². The second-order valence-electron chi connectivity index (χ2n) is 14.6. The SMILES string of the molecule is Cc1ccc2c(oc3cc([Si](C)(c4ccccc4)c4ccccc4)ccc32)c1-c1n(-c2c(C(C)C)cccc2C(C)C)c2ccccc2[n+]1C. The molecule has 0 fully saturated rings. The molecule has 0 bridgehead atoms. The minimum Gasteiger partial charge on any atom is -0.455 e. The van der Waals surface area contributed by atoms with Crippen molar-refractivity contribution in [2.24, 2.45) is 7.05 Å². The summed E-state index contributed by atoms with van der Waals surface area (Å²) in [4.78, 5) is 0. The Labute approximate surface area is 296 Å². The van der Waals surface area contributed by atoms with Crippen LogP contribution in [0.5, 0.6) is 0 Å². The first-order valence-corrected chi connectivity index (χ1v) is 20.4. The molecule has 0 aliphatic heterocycles. The van der Waals surface area contributed by atoms with Gasteiger partial charge in [-0.1, -0.05) is 150 Å². The zero-order chi connectivity index (χ0) is 34.7. The molecule has 0 spiro atoms. The number of furan rings is 1. The fraction of sp³-hybridized carbons (Fsp3) is 0.196. The number of imidazole rings is 1. The minimum absolute atomic E-state index is 0.359. The van der Waals surface area contributed by atoms with E-state index in [1.54, 1.807) is 0 Å². The molecule has 0 amide bonds. The summed E-state index contributed by atoms with van der Waals surface area (Å²) in [5.74, 6) is 1.85. The number of hydrogen-bond donors (Lipinski definition) is 0. The Morgan fingerprint density at radius 1 is 0.620 bits per heavy atom. The highest BCUT2D eigenvalue weighted by Crippen LogP contribution is 2.41. The van der Waals surface area contributed by atoms with Crippen LogP contribution in [0.15, 0.2) is 138 Å². The Kier molecular flexibility index (Phi) is 7.88. The number of fused-ring (bicyclic) bond motifs is 4. The van der Waals surface area contributed by atoms with Crippen LogP contribution in [0, 0.1) is 6.92 Å². The number of hydrogen-bond acceptors (Lipinski definition) is 1. The standard InChI is InChI=1S/C46H45N2OSi/c1-30(2)36-21-16-22-37(31(3)4)44(36)48-41-24-15-14-23-40(41)47(6)46(48)43-32(5)25-27-39-38-28-26-35(29-42(38)49-45(39)43)50(7,33-17-10-8-11-18-33)34-19-12-9-13-20-34/h8-31H,1-7H3/q+1. The van der Waals surface area contributed by atoms with Crippen LogP contribution in [0.4, 0.5) is 0 Å². The van der Waals surface area contributed by atoms with Gasteiger partial charge in [-0.15, -0.1) is 0 Å². The number of nitrogens with zero attached hydrogens (tertiary/aromatic N) is 2. The predicted molar refractivity (Wildman–Crippen MR) is 213 cm³/mol. The quantitative estimate of drug-likeness (QED) is 0.0941. The van der Waals surface area contributed by atoms with E-state index in [4.69, 9.17) is 4.42 Å². The smallest absolute Gasteiger partial charge is 0.299 e. The van der Waals surface area contributed by atoms with Crippen LogP contribution in [0.1, 0.15) is 56.2 Å². The summed E-state index contributed by atoms with van der Waals surface area (Å²) >= 11 is 0. The Morgan fingerprint density at radius 2 is 1.20 bits per heavy atom. The highest BCUT2D eigenvalue weighted by atomic mass is 28.3. The molecular weight excluding hydrogens is 625 g/mol. The molecule has 2 heterocycles. The highest BCUT2D eigenvalue weighted by molar-refractivity contribution is 7.10. The summed E-state index contributed by atoms with van der Waals surface area (Å²) in [5.41, 5.74) is 10.6. The summed E-state index contributed by atoms with van der Waals surface area (Å²) in [6.07, 6.45) is 0. The molecule has 0 aliphatic rings. The number of rotatable bonds is 7. The number of aryl methyl sites for hydroxylation is 2. The van der Waals surface area contributed by atoms with Crippen LogP contribution in [-0.4, -0.2) is 12.6 Å². The maximum Gasteiger partial charge on any atom is 0.299 e. The molecule has 0 atom stereocenters. The largest absolute Gasteiger partial charge is 0.455 e. The van der Waals surface area contributed by atoms with E-state index in [2.05, 4.69) is 191 Å². The van der Waals surface area contributed by atoms with Gasteiger partial charge in [0.15, 0.2) is 16.6 Å². The minimum atomic E-state index is -2.32. The summed E-state index contributed by atoms with van der Waals surface area (Å²) in [7, 11) is -0.114. The van der Waals surface area contributed by atoms with Gasteiger partial charge in [-0.2, -0.15) is 4.57 Å². The van der Waals surface area contributed by atoms with E-state index >= 15 is 0 Å². The average molecular weight is 670 g/mol. The van der Waals surface area contributed by atoms with Crippen molar-refractivity contribution in [1.82, 2.24) is 4.57 Å². The molecule has 0 saturated carbocycles. The van der Waals surface area contributed by atoms with Crippen LogP contribution < -0.4 is 20.1 Å². The summed E-state index contributed by atoms with van der Waals surface area (Å²) in [6.45, 7) is 13.9. The molecular formula is C46H45N2OSi+. The van der Waals surface area contributed by atoms with E-state index < -0.39 is 8.07 Å². The molecule has 0 aliphatic carbocycles. The molecule has 3 nitrogen and oxygen atoms in total. The third-order valence-electron chi connectivity index (χ3n) is 10.9. The van der Waals surface area contributed by atoms with E-state index in [0.717, 1.165) is 33.3 Å². The lowest BCUT2D eigenvalue weighted by molar-refractivity contribution is -0.633. The number of benzene rings is 6. The Balaban J connectivity index is 1.44. The first-order valence-electron chi connectivity index (χ1n) is 17.9. The van der Waals surface area contributed by atoms with Gasteiger partial charge in [0.2, 0.25) is 0 Å². The second-order valence-corrected chi connectivity index (χ2v) is 18.6. The lowest BCUT2D eigenvalue weighted by Crippen LogP contribution is -2.64. The van der Waals surface area contributed by atoms with Crippen molar-refractivity contribution in [2.45, 2.75) is 53.0 Å². The molecule has 248 valence electrons. The zero-order valence-electron chi connectivity index (χ0n) is 30.2. The Morgan fingerprint density at radius 3 is 1.82 bits per heavy atom. The van der Waals surface area contributed by atoms with Crippen molar-refractivity contribution in [3.63, 3.8) is 0 Å². The fourth-order valence-corrected chi connectivity index (χ4v) is 11.7. The molecule has 4 heteroatoms. The topological polar surface area (TPSA) is 21.9 Å². The van der Waals surface area contributed by atoms with Crippen LogP contribution >= 0.6 is 0 Å². The van der Waals surface area contributed by atoms with Crippen LogP contribution in [0.3, 0.4) is 0 Å². The summed E-state index contributed by atoms with van der Waals surface area (Å²) in [6, 6.07) is 49.2. The third kappa shape index (κ3) is 4.88. The summed E-state index contributed by atoms with van der Waals surface area (Å²) in [5, 5.41) is 6.41. The van der Waals surface area contributed by atoms with Crippen molar-refractivity contribution in [1.29, 1.82) is 0 Å². The van der Waals surface area contributed by atoms with Gasteiger partial charge in [-0.05, 0) is 58.1 Å². The average Bonchev–Trinajstić information content (AvgIpc) is 3.65. The molecule has 8 rings (SSSR count). The zero-order valence-corrected chi connectivity index (χ0v) is 31.2. The van der Waals surface area contributed by atoms with Crippen molar-refractivity contribution in [3.05, 3.63) is 150 Å². The number of aromatic nitrogens is 2. The third-order valence-corrected chi connectivity index (χ3v) is 15.4. The van der Waals surface area contributed by atoms with Crippen LogP contribution in [0.25, 0.3) is 50.0 Å². The first kappa shape index (κ1) is 32.0. The van der Waals surface area contributed by atoms with Gasteiger partial charge >= 0.3 is 0 Å². The second kappa shape index (κ2) is 12.3. The van der Waals surface area contributed by atoms with E-state index in [1.165, 1.54) is 49.0 Å². The molecule has 0 N–H and O–H groups in total. The monoisotopic (exact) mass is 669 g/mol. The molecule has 8 aromatic rings. The Bertz CT molecular complexity index is 2460. The van der Waals surface area contributed by atoms with Crippen LogP contribution in [0.2, 0.25) is 6.55 Å². The van der Waals surface area contributed by atoms with Crippen molar-refractivity contribution in [3.8, 4) is 17.1 Å². The van der Waals surface area contributed by atoms with E-state index in [1.807, 2.05) is 0 Å². The number of para-hydroxylation sites is 3. The molecule has 0 unspecified atom stereocenters. The lowest BCUT2D eigenvalue weighted by atomic mass is 9.92. The fourth-order valence-electron chi connectivity index (χ4n) is 8.16. The maximum absolute atomic E-state index is 7.12. The maximum atomic E-state index is 7.12. The molecule has 2 aromatic heterocycles. The van der Waals surface area contributed by atoms with Gasteiger partial charge in [-0.25, -0.2) is 4.57 Å². The molecule has 50 heavy (non-hydrogen) atoms. The van der Waals surface area contributed by atoms with Crippen molar-refractivity contribution >= 4 is 56.6 Å². The van der Waals surface area contributed by atoms with Crippen LogP contribution in [-0.2, 0) is 7.05 Å². The van der Waals surface area contributed by atoms with Gasteiger partial charge < -0.3 is 4.42 Å². The van der Waals surface area contributed by atoms with Gasteiger partial charge in [0, 0.05) is 21.9 Å². The normalized spacial score (nSPS) is 12.3. The molecule has 6 aromatic carbocycles. The van der Waals surface area contributed by atoms with E-state index in [9.17, 15) is 0 Å². The highest BCUT2D eigenvalue weighted by Gasteiger charge is 2.36. The Hall–Kier alpha value is -5.19. The molecule has 0 saturated heterocycles. The van der Waals surface area contributed by atoms with Gasteiger partial charge in [0.25, 0.3) is 5.82 Å². The summed E-state index contributed by atoms with van der Waals surface area (Å²) < 4.78 is 12.0. The van der Waals surface area contributed by atoms with Gasteiger partial charge in [0.1, 0.15) is 24.9 Å². The van der Waals surface area contributed by atoms with Crippen molar-refractivity contribution < 1.29 is 8.98 Å². The molecule has 0 radical (unpaired) electrons.